The van der Waals surface area contributed by atoms with Crippen molar-refractivity contribution in [2.24, 2.45) is 0 Å². The van der Waals surface area contributed by atoms with Crippen LogP contribution in [-0.2, 0) is 0 Å². The van der Waals surface area contributed by atoms with Crippen molar-refractivity contribution in [3.8, 4) is 23.3 Å². The highest BCUT2D eigenvalue weighted by atomic mass is 16.5. The lowest BCUT2D eigenvalue weighted by Gasteiger charge is -2.12. The summed E-state index contributed by atoms with van der Waals surface area (Å²) in [5.41, 5.74) is 3.61. The highest BCUT2D eigenvalue weighted by Gasteiger charge is 2.11. The van der Waals surface area contributed by atoms with Crippen molar-refractivity contribution >= 4 is 22.4 Å². The minimum atomic E-state index is 0.629. The van der Waals surface area contributed by atoms with Crippen molar-refractivity contribution in [3.05, 3.63) is 84.2 Å². The van der Waals surface area contributed by atoms with Gasteiger partial charge in [0, 0.05) is 28.3 Å². The van der Waals surface area contributed by atoms with E-state index >= 15 is 0 Å². The molecule has 5 nitrogen and oxygen atoms in total. The van der Waals surface area contributed by atoms with Crippen LogP contribution in [0.3, 0.4) is 0 Å². The zero-order valence-electron chi connectivity index (χ0n) is 16.1. The molecule has 29 heavy (non-hydrogen) atoms. The van der Waals surface area contributed by atoms with E-state index in [0.717, 1.165) is 27.7 Å². The molecule has 0 unspecified atom stereocenters. The van der Waals surface area contributed by atoms with E-state index in [1.54, 1.807) is 14.2 Å². The minimum Gasteiger partial charge on any atom is -0.493 e. The van der Waals surface area contributed by atoms with Crippen molar-refractivity contribution in [1.82, 2.24) is 9.97 Å². The molecule has 0 fully saturated rings. The summed E-state index contributed by atoms with van der Waals surface area (Å²) in [6.45, 7) is 0. The summed E-state index contributed by atoms with van der Waals surface area (Å²) in [5.74, 6) is 8.29. The number of nitrogens with one attached hydrogen (secondary N) is 1. The maximum Gasteiger partial charge on any atom is 0.162 e. The molecule has 0 aliphatic carbocycles. The topological polar surface area (TPSA) is 56.3 Å². The summed E-state index contributed by atoms with van der Waals surface area (Å²) in [5, 5.41) is 4.19. The molecule has 4 rings (SSSR count). The molecule has 0 amide bonds. The van der Waals surface area contributed by atoms with Crippen molar-refractivity contribution in [3.63, 3.8) is 0 Å². The second kappa shape index (κ2) is 8.32. The number of aromatic nitrogens is 2. The Bertz CT molecular complexity index is 1190. The monoisotopic (exact) mass is 381 g/mol. The van der Waals surface area contributed by atoms with Gasteiger partial charge in [-0.05, 0) is 42.5 Å². The molecule has 0 atom stereocenters. The SMILES string of the molecule is COc1cc2ncnc(Nc3ccc(C#Cc4ccccc4)cc3)c2cc1OC. The second-order valence-corrected chi connectivity index (χ2v) is 6.26. The van der Waals surface area contributed by atoms with Crippen LogP contribution >= 0.6 is 0 Å². The predicted octanol–water partition coefficient (Wildman–Crippen LogP) is 4.79. The molecule has 0 saturated carbocycles. The van der Waals surface area contributed by atoms with E-state index in [0.29, 0.717) is 17.3 Å². The number of ether oxygens (including phenoxy) is 2. The average Bonchev–Trinajstić information content (AvgIpc) is 2.78. The first-order chi connectivity index (χ1) is 14.3. The van der Waals surface area contributed by atoms with Crippen LogP contribution in [0.2, 0.25) is 0 Å². The number of fused-ring (bicyclic) bond motifs is 1. The Morgan fingerprint density at radius 2 is 1.41 bits per heavy atom. The van der Waals surface area contributed by atoms with E-state index in [1.807, 2.05) is 66.7 Å². The largest absolute Gasteiger partial charge is 0.493 e. The van der Waals surface area contributed by atoms with Gasteiger partial charge in [0.25, 0.3) is 0 Å². The highest BCUT2D eigenvalue weighted by Crippen LogP contribution is 2.34. The highest BCUT2D eigenvalue weighted by molar-refractivity contribution is 5.93. The smallest absolute Gasteiger partial charge is 0.162 e. The Labute approximate surface area is 169 Å². The normalized spacial score (nSPS) is 10.1. The zero-order chi connectivity index (χ0) is 20.1. The molecule has 0 aliphatic heterocycles. The first-order valence-corrected chi connectivity index (χ1v) is 9.08. The third-order valence-corrected chi connectivity index (χ3v) is 4.41. The number of methoxy groups -OCH3 is 2. The molecule has 142 valence electrons. The molecule has 1 heterocycles. The molecule has 0 bridgehead atoms. The van der Waals surface area contributed by atoms with Crippen molar-refractivity contribution in [2.75, 3.05) is 19.5 Å². The first kappa shape index (κ1) is 18.3. The van der Waals surface area contributed by atoms with E-state index < -0.39 is 0 Å². The number of benzene rings is 3. The lowest BCUT2D eigenvalue weighted by atomic mass is 10.1. The van der Waals surface area contributed by atoms with E-state index in [9.17, 15) is 0 Å². The average molecular weight is 381 g/mol. The number of anilines is 2. The van der Waals surface area contributed by atoms with Crippen molar-refractivity contribution in [1.29, 1.82) is 0 Å². The van der Waals surface area contributed by atoms with E-state index in [1.165, 1.54) is 6.33 Å². The third-order valence-electron chi connectivity index (χ3n) is 4.41. The predicted molar refractivity (Wildman–Crippen MR) is 115 cm³/mol. The van der Waals surface area contributed by atoms with Crippen LogP contribution in [0.5, 0.6) is 11.5 Å². The summed E-state index contributed by atoms with van der Waals surface area (Å²) >= 11 is 0. The Morgan fingerprint density at radius 3 is 2.10 bits per heavy atom. The quantitative estimate of drug-likeness (QED) is 0.515. The van der Waals surface area contributed by atoms with Gasteiger partial charge in [0.15, 0.2) is 11.5 Å². The van der Waals surface area contributed by atoms with Gasteiger partial charge in [-0.3, -0.25) is 0 Å². The molecular formula is C24H19N3O2. The van der Waals surface area contributed by atoms with Gasteiger partial charge in [0.2, 0.25) is 0 Å². The molecule has 0 aliphatic rings. The number of rotatable bonds is 4. The fourth-order valence-electron chi connectivity index (χ4n) is 2.92. The molecule has 1 aromatic heterocycles. The third kappa shape index (κ3) is 4.12. The van der Waals surface area contributed by atoms with Crippen LogP contribution in [0.1, 0.15) is 11.1 Å². The molecule has 0 saturated heterocycles. The van der Waals surface area contributed by atoms with E-state index in [-0.39, 0.29) is 0 Å². The summed E-state index contributed by atoms with van der Waals surface area (Å²) < 4.78 is 10.8. The number of hydrogen-bond donors (Lipinski definition) is 1. The fourth-order valence-corrected chi connectivity index (χ4v) is 2.92. The molecule has 0 radical (unpaired) electrons. The van der Waals surface area contributed by atoms with Crippen molar-refractivity contribution in [2.45, 2.75) is 0 Å². The number of hydrogen-bond acceptors (Lipinski definition) is 5. The van der Waals surface area contributed by atoms with Gasteiger partial charge in [-0.1, -0.05) is 30.0 Å². The molecule has 4 aromatic rings. The van der Waals surface area contributed by atoms with Gasteiger partial charge in [0.05, 0.1) is 19.7 Å². The van der Waals surface area contributed by atoms with Crippen LogP contribution in [0.4, 0.5) is 11.5 Å². The maximum atomic E-state index is 5.41. The Hall–Kier alpha value is -4.04. The van der Waals surface area contributed by atoms with Gasteiger partial charge in [0.1, 0.15) is 12.1 Å². The summed E-state index contributed by atoms with van der Waals surface area (Å²) in [6.07, 6.45) is 1.52. The summed E-state index contributed by atoms with van der Waals surface area (Å²) in [6, 6.07) is 21.5. The van der Waals surface area contributed by atoms with Gasteiger partial charge >= 0.3 is 0 Å². The molecular weight excluding hydrogens is 362 g/mol. The molecule has 0 spiro atoms. The second-order valence-electron chi connectivity index (χ2n) is 6.26. The van der Waals surface area contributed by atoms with E-state index in [4.69, 9.17) is 9.47 Å². The van der Waals surface area contributed by atoms with Gasteiger partial charge < -0.3 is 14.8 Å². The lowest BCUT2D eigenvalue weighted by Crippen LogP contribution is -1.98. The molecule has 5 heteroatoms. The van der Waals surface area contributed by atoms with Crippen LogP contribution in [0.25, 0.3) is 10.9 Å². The van der Waals surface area contributed by atoms with Gasteiger partial charge in [-0.25, -0.2) is 9.97 Å². The van der Waals surface area contributed by atoms with Crippen LogP contribution < -0.4 is 14.8 Å². The van der Waals surface area contributed by atoms with E-state index in [2.05, 4.69) is 27.1 Å². The lowest BCUT2D eigenvalue weighted by molar-refractivity contribution is 0.356. The van der Waals surface area contributed by atoms with Crippen LogP contribution in [-0.4, -0.2) is 24.2 Å². The first-order valence-electron chi connectivity index (χ1n) is 9.08. The Balaban J connectivity index is 1.59. The summed E-state index contributed by atoms with van der Waals surface area (Å²) in [7, 11) is 3.21. The number of nitrogens with zero attached hydrogens (tertiary/aromatic N) is 2. The van der Waals surface area contributed by atoms with Crippen LogP contribution in [0.15, 0.2) is 73.1 Å². The standard InChI is InChI=1S/C24H19N3O2/c1-28-22-14-20-21(15-23(22)29-2)25-16-26-24(20)27-19-12-10-18(11-13-19)9-8-17-6-4-3-5-7-17/h3-7,10-16H,1-2H3,(H,25,26,27). The maximum absolute atomic E-state index is 5.41. The molecule has 1 N–H and O–H groups in total. The zero-order valence-corrected chi connectivity index (χ0v) is 16.1. The molecule has 3 aromatic carbocycles. The Morgan fingerprint density at radius 1 is 0.759 bits per heavy atom. The van der Waals surface area contributed by atoms with Gasteiger partial charge in [-0.2, -0.15) is 0 Å². The van der Waals surface area contributed by atoms with Gasteiger partial charge in [-0.15, -0.1) is 0 Å². The minimum absolute atomic E-state index is 0.629. The fraction of sp³-hybridized carbons (Fsp3) is 0.0833. The van der Waals surface area contributed by atoms with Crippen LogP contribution in [0, 0.1) is 11.8 Å². The van der Waals surface area contributed by atoms with Crippen molar-refractivity contribution < 1.29 is 9.47 Å². The Kier molecular flexibility index (Phi) is 5.26. The summed E-state index contributed by atoms with van der Waals surface area (Å²) in [4.78, 5) is 8.71.